The molecule has 0 spiro atoms. The Morgan fingerprint density at radius 2 is 2.15 bits per heavy atom. The highest BCUT2D eigenvalue weighted by Crippen LogP contribution is 2.58. The fraction of sp³-hybridized carbons (Fsp3) is 0.600. The number of pyridine rings is 1. The average molecular weight is 357 g/mol. The Kier molecular flexibility index (Phi) is 3.52. The van der Waals surface area contributed by atoms with Gasteiger partial charge in [-0.2, -0.15) is 0 Å². The molecule has 26 heavy (non-hydrogen) atoms. The van der Waals surface area contributed by atoms with Crippen LogP contribution in [0.3, 0.4) is 0 Å². The van der Waals surface area contributed by atoms with Gasteiger partial charge in [0, 0.05) is 23.8 Å². The number of rotatable bonds is 4. The highest BCUT2D eigenvalue weighted by molar-refractivity contribution is 6.04. The van der Waals surface area contributed by atoms with E-state index in [1.54, 1.807) is 13.1 Å². The molecule has 4 saturated carbocycles. The molecule has 2 heterocycles. The van der Waals surface area contributed by atoms with E-state index < -0.39 is 5.67 Å². The van der Waals surface area contributed by atoms with Crippen molar-refractivity contribution >= 4 is 22.7 Å². The smallest absolute Gasteiger partial charge is 0.341 e. The number of hydrogen-bond acceptors (Lipinski definition) is 4. The topological polar surface area (TPSA) is 67.0 Å². The van der Waals surface area contributed by atoms with Gasteiger partial charge in [0.15, 0.2) is 0 Å². The molecule has 2 atom stereocenters. The van der Waals surface area contributed by atoms with Crippen molar-refractivity contribution in [1.29, 1.82) is 0 Å². The van der Waals surface area contributed by atoms with Crippen LogP contribution in [0.5, 0.6) is 0 Å². The number of nitrogens with zero attached hydrogens (tertiary/aromatic N) is 1. The first-order valence-corrected chi connectivity index (χ1v) is 9.65. The minimum Gasteiger partial charge on any atom is -0.462 e. The van der Waals surface area contributed by atoms with Crippen LogP contribution in [0.4, 0.5) is 10.1 Å². The van der Waals surface area contributed by atoms with E-state index in [1.807, 2.05) is 12.3 Å². The summed E-state index contributed by atoms with van der Waals surface area (Å²) in [5.74, 6) is 0.841. The van der Waals surface area contributed by atoms with Gasteiger partial charge >= 0.3 is 5.97 Å². The number of nitrogens with one attached hydrogen (secondary N) is 2. The van der Waals surface area contributed by atoms with Crippen LogP contribution in [0.1, 0.15) is 49.4 Å². The number of esters is 1. The Morgan fingerprint density at radius 3 is 2.85 bits per heavy atom. The second-order valence-electron chi connectivity index (χ2n) is 8.30. The maximum Gasteiger partial charge on any atom is 0.341 e. The molecular formula is C20H24FN3O2. The van der Waals surface area contributed by atoms with Crippen molar-refractivity contribution in [2.75, 3.05) is 11.9 Å². The van der Waals surface area contributed by atoms with Gasteiger partial charge in [-0.3, -0.25) is 0 Å². The normalized spacial score (nSPS) is 35.0. The van der Waals surface area contributed by atoms with E-state index in [1.165, 1.54) is 0 Å². The van der Waals surface area contributed by atoms with E-state index >= 15 is 0 Å². The molecule has 138 valence electrons. The van der Waals surface area contributed by atoms with Crippen LogP contribution >= 0.6 is 0 Å². The van der Waals surface area contributed by atoms with Gasteiger partial charge < -0.3 is 15.0 Å². The molecule has 0 saturated heterocycles. The third-order valence-corrected chi connectivity index (χ3v) is 6.59. The highest BCUT2D eigenvalue weighted by Gasteiger charge is 2.56. The van der Waals surface area contributed by atoms with Gasteiger partial charge in [0.2, 0.25) is 0 Å². The number of halogens is 1. The van der Waals surface area contributed by atoms with Crippen LogP contribution < -0.4 is 5.32 Å². The zero-order valence-electron chi connectivity index (χ0n) is 14.9. The minimum atomic E-state index is -0.958. The fourth-order valence-corrected chi connectivity index (χ4v) is 5.85. The summed E-state index contributed by atoms with van der Waals surface area (Å²) < 4.78 is 20.2. The van der Waals surface area contributed by atoms with Crippen molar-refractivity contribution < 1.29 is 13.9 Å². The molecule has 2 aromatic rings. The van der Waals surface area contributed by atoms with Gasteiger partial charge in [-0.15, -0.1) is 0 Å². The van der Waals surface area contributed by atoms with Crippen molar-refractivity contribution in [3.63, 3.8) is 0 Å². The van der Waals surface area contributed by atoms with Crippen LogP contribution in [0.25, 0.3) is 11.0 Å². The minimum absolute atomic E-state index is 0.212. The summed E-state index contributed by atoms with van der Waals surface area (Å²) in [6.07, 6.45) is 7.63. The highest BCUT2D eigenvalue weighted by atomic mass is 19.1. The monoisotopic (exact) mass is 357 g/mol. The first-order chi connectivity index (χ1) is 12.6. The number of alkyl halides is 1. The van der Waals surface area contributed by atoms with Gasteiger partial charge in [0.1, 0.15) is 16.9 Å². The number of aromatic amines is 1. The zero-order chi connectivity index (χ0) is 17.9. The van der Waals surface area contributed by atoms with Crippen molar-refractivity contribution in [2.45, 2.75) is 50.7 Å². The molecule has 4 aliphatic rings. The molecule has 4 aliphatic carbocycles. The fourth-order valence-electron chi connectivity index (χ4n) is 5.85. The quantitative estimate of drug-likeness (QED) is 0.810. The molecule has 0 aromatic carbocycles. The summed E-state index contributed by atoms with van der Waals surface area (Å²) in [6, 6.07) is 2.14. The molecule has 4 bridgehead atoms. The zero-order valence-corrected chi connectivity index (χ0v) is 14.9. The van der Waals surface area contributed by atoms with E-state index in [4.69, 9.17) is 4.74 Å². The molecule has 0 amide bonds. The second kappa shape index (κ2) is 5.69. The molecule has 5 nitrogen and oxygen atoms in total. The predicted molar refractivity (Wildman–Crippen MR) is 96.9 cm³/mol. The van der Waals surface area contributed by atoms with Crippen molar-refractivity contribution in [2.24, 2.45) is 17.8 Å². The van der Waals surface area contributed by atoms with Crippen LogP contribution in [-0.2, 0) is 4.74 Å². The van der Waals surface area contributed by atoms with Gasteiger partial charge in [-0.25, -0.2) is 14.2 Å². The number of aromatic nitrogens is 2. The summed E-state index contributed by atoms with van der Waals surface area (Å²) in [5.41, 5.74) is 1.02. The number of carbonyl (C=O) groups is 1. The van der Waals surface area contributed by atoms with Crippen molar-refractivity contribution in [3.05, 3.63) is 24.0 Å². The van der Waals surface area contributed by atoms with E-state index in [-0.39, 0.29) is 12.0 Å². The summed E-state index contributed by atoms with van der Waals surface area (Å²) in [5, 5.41) is 4.54. The summed E-state index contributed by atoms with van der Waals surface area (Å²) in [4.78, 5) is 19.9. The Bertz CT molecular complexity index is 848. The van der Waals surface area contributed by atoms with Crippen LogP contribution in [-0.4, -0.2) is 34.3 Å². The van der Waals surface area contributed by atoms with Gasteiger partial charge in [0.25, 0.3) is 0 Å². The first-order valence-electron chi connectivity index (χ1n) is 9.65. The van der Waals surface area contributed by atoms with E-state index in [0.29, 0.717) is 42.8 Å². The molecule has 2 N–H and O–H groups in total. The molecule has 4 fully saturated rings. The van der Waals surface area contributed by atoms with E-state index in [2.05, 4.69) is 15.3 Å². The lowest BCUT2D eigenvalue weighted by Gasteiger charge is -2.57. The standard InChI is InChI=1S/C20H24FN3O2/c1-2-26-19(25)15-10-23-18-14(3-4-22-18)17(15)24-16-12-5-11-6-13(16)9-20(21,7-11)8-12/h3-4,10-13,16H,2,5-9H2,1H3,(H2,22,23,24). The third kappa shape index (κ3) is 2.42. The lowest BCUT2D eigenvalue weighted by atomic mass is 9.53. The summed E-state index contributed by atoms with van der Waals surface area (Å²) >= 11 is 0. The van der Waals surface area contributed by atoms with Crippen LogP contribution in [0, 0.1) is 17.8 Å². The Balaban J connectivity index is 1.52. The number of H-pyrrole nitrogens is 1. The molecule has 2 aromatic heterocycles. The summed E-state index contributed by atoms with van der Waals surface area (Å²) in [7, 11) is 0. The molecular weight excluding hydrogens is 333 g/mol. The first kappa shape index (κ1) is 16.1. The third-order valence-electron chi connectivity index (χ3n) is 6.59. The lowest BCUT2D eigenvalue weighted by molar-refractivity contribution is -0.0800. The van der Waals surface area contributed by atoms with Crippen LogP contribution in [0.15, 0.2) is 18.5 Å². The molecule has 0 radical (unpaired) electrons. The van der Waals surface area contributed by atoms with Gasteiger partial charge in [0.05, 0.1) is 12.3 Å². The molecule has 6 rings (SSSR count). The number of carbonyl (C=O) groups excluding carboxylic acids is 1. The van der Waals surface area contributed by atoms with Gasteiger partial charge in [-0.05, 0) is 62.8 Å². The van der Waals surface area contributed by atoms with Crippen molar-refractivity contribution in [1.82, 2.24) is 9.97 Å². The van der Waals surface area contributed by atoms with Crippen molar-refractivity contribution in [3.8, 4) is 0 Å². The molecule has 2 unspecified atom stereocenters. The Labute approximate surface area is 151 Å². The number of ether oxygens (including phenoxy) is 1. The maximum absolute atomic E-state index is 15.0. The largest absolute Gasteiger partial charge is 0.462 e. The number of hydrogen-bond donors (Lipinski definition) is 2. The SMILES string of the molecule is CCOC(=O)c1cnc2[nH]ccc2c1NC1C2CC3CC1CC(F)(C3)C2. The predicted octanol–water partition coefficient (Wildman–Crippen LogP) is 4.07. The van der Waals surface area contributed by atoms with Crippen LogP contribution in [0.2, 0.25) is 0 Å². The van der Waals surface area contributed by atoms with Gasteiger partial charge in [-0.1, -0.05) is 0 Å². The summed E-state index contributed by atoms with van der Waals surface area (Å²) in [6.45, 7) is 2.12. The maximum atomic E-state index is 15.0. The number of anilines is 1. The Morgan fingerprint density at radius 1 is 1.38 bits per heavy atom. The lowest BCUT2D eigenvalue weighted by Crippen LogP contribution is -2.57. The molecule has 6 heteroatoms. The molecule has 0 aliphatic heterocycles. The Hall–Kier alpha value is -2.11. The number of fused-ring (bicyclic) bond motifs is 1. The average Bonchev–Trinajstić information content (AvgIpc) is 3.05. The second-order valence-corrected chi connectivity index (χ2v) is 8.30. The van der Waals surface area contributed by atoms with E-state index in [9.17, 15) is 9.18 Å². The van der Waals surface area contributed by atoms with E-state index in [0.717, 1.165) is 36.0 Å².